The Labute approximate surface area is 113 Å². The summed E-state index contributed by atoms with van der Waals surface area (Å²) in [6.07, 6.45) is 2.66. The Kier molecular flexibility index (Phi) is 3.28. The fraction of sp³-hybridized carbons (Fsp3) is 0.462. The molecule has 1 nitrogen and oxygen atoms in total. The van der Waals surface area contributed by atoms with Gasteiger partial charge >= 0.3 is 0 Å². The van der Waals surface area contributed by atoms with Crippen molar-refractivity contribution in [3.63, 3.8) is 0 Å². The van der Waals surface area contributed by atoms with Crippen molar-refractivity contribution in [3.05, 3.63) is 32.2 Å². The van der Waals surface area contributed by atoms with Crippen LogP contribution in [-0.4, -0.2) is 5.78 Å². The molecule has 0 radical (unpaired) electrons. The van der Waals surface area contributed by atoms with Crippen LogP contribution < -0.4 is 0 Å². The van der Waals surface area contributed by atoms with Crippen molar-refractivity contribution >= 4 is 37.6 Å². The van der Waals surface area contributed by atoms with Crippen LogP contribution >= 0.6 is 31.9 Å². The topological polar surface area (TPSA) is 17.1 Å². The number of hydrogen-bond acceptors (Lipinski definition) is 1. The van der Waals surface area contributed by atoms with Crippen LogP contribution in [0, 0.1) is 5.41 Å². The van der Waals surface area contributed by atoms with Crippen LogP contribution in [0.5, 0.6) is 0 Å². The third-order valence-corrected chi connectivity index (χ3v) is 4.58. The summed E-state index contributed by atoms with van der Waals surface area (Å²) in [6.45, 7) is 4.33. The monoisotopic (exact) mass is 344 g/mol. The highest BCUT2D eigenvalue weighted by molar-refractivity contribution is 9.11. The number of benzene rings is 1. The Morgan fingerprint density at radius 2 is 1.81 bits per heavy atom. The van der Waals surface area contributed by atoms with Gasteiger partial charge in [0.25, 0.3) is 0 Å². The van der Waals surface area contributed by atoms with Crippen molar-refractivity contribution in [3.8, 4) is 0 Å². The molecule has 0 unspecified atom stereocenters. The third kappa shape index (κ3) is 2.25. The normalized spacial score (nSPS) is 19.1. The highest BCUT2D eigenvalue weighted by Crippen LogP contribution is 2.38. The molecule has 1 aliphatic rings. The minimum Gasteiger partial charge on any atom is -0.294 e. The molecular weight excluding hydrogens is 332 g/mol. The molecule has 0 saturated heterocycles. The average Bonchev–Trinajstić information content (AvgIpc) is 2.29. The Bertz CT molecular complexity index is 449. The van der Waals surface area contributed by atoms with E-state index < -0.39 is 0 Å². The SMILES string of the molecule is CC1(C)CCc2c(Br)ccc(Br)c2C(=O)C1. The van der Waals surface area contributed by atoms with Gasteiger partial charge in [-0.3, -0.25) is 4.79 Å². The van der Waals surface area contributed by atoms with Gasteiger partial charge in [-0.25, -0.2) is 0 Å². The first-order chi connectivity index (χ1) is 7.41. The van der Waals surface area contributed by atoms with E-state index in [1.54, 1.807) is 0 Å². The van der Waals surface area contributed by atoms with E-state index in [1.165, 1.54) is 0 Å². The Morgan fingerprint density at radius 1 is 1.19 bits per heavy atom. The van der Waals surface area contributed by atoms with Gasteiger partial charge in [-0.2, -0.15) is 0 Å². The molecule has 1 aromatic carbocycles. The average molecular weight is 346 g/mol. The minimum atomic E-state index is 0.106. The zero-order chi connectivity index (χ0) is 11.9. The molecule has 16 heavy (non-hydrogen) atoms. The molecule has 0 bridgehead atoms. The second-order valence-electron chi connectivity index (χ2n) is 5.15. The molecule has 0 spiro atoms. The molecule has 86 valence electrons. The number of carbonyl (C=O) groups excluding carboxylic acids is 1. The van der Waals surface area contributed by atoms with E-state index >= 15 is 0 Å². The summed E-state index contributed by atoms with van der Waals surface area (Å²) >= 11 is 7.03. The summed E-state index contributed by atoms with van der Waals surface area (Å²) in [7, 11) is 0. The molecule has 1 aliphatic carbocycles. The predicted octanol–water partition coefficient (Wildman–Crippen LogP) is 4.76. The quantitative estimate of drug-likeness (QED) is 0.620. The molecular formula is C13H14Br2O. The predicted molar refractivity (Wildman–Crippen MR) is 72.9 cm³/mol. The summed E-state index contributed by atoms with van der Waals surface area (Å²) in [5.41, 5.74) is 2.14. The number of Topliss-reactive ketones (excluding diaryl/α,β-unsaturated/α-hetero) is 1. The number of fused-ring (bicyclic) bond motifs is 1. The Hall–Kier alpha value is -0.150. The van der Waals surface area contributed by atoms with Crippen molar-refractivity contribution in [2.24, 2.45) is 5.41 Å². The smallest absolute Gasteiger partial charge is 0.164 e. The first-order valence-electron chi connectivity index (χ1n) is 5.41. The van der Waals surface area contributed by atoms with Gasteiger partial charge in [-0.1, -0.05) is 45.7 Å². The van der Waals surface area contributed by atoms with Gasteiger partial charge in [0.05, 0.1) is 0 Å². The van der Waals surface area contributed by atoms with Crippen LogP contribution in [0.15, 0.2) is 21.1 Å². The van der Waals surface area contributed by atoms with Crippen molar-refractivity contribution in [2.45, 2.75) is 33.1 Å². The van der Waals surface area contributed by atoms with Crippen LogP contribution in [0.4, 0.5) is 0 Å². The van der Waals surface area contributed by atoms with Crippen molar-refractivity contribution in [2.75, 3.05) is 0 Å². The van der Waals surface area contributed by atoms with Gasteiger partial charge in [-0.15, -0.1) is 0 Å². The van der Waals surface area contributed by atoms with E-state index in [4.69, 9.17) is 0 Å². The van der Waals surface area contributed by atoms with Gasteiger partial charge in [0, 0.05) is 20.9 Å². The van der Waals surface area contributed by atoms with Crippen molar-refractivity contribution in [1.29, 1.82) is 0 Å². The zero-order valence-electron chi connectivity index (χ0n) is 9.44. The molecule has 0 heterocycles. The number of rotatable bonds is 0. The molecule has 1 aromatic rings. The van der Waals surface area contributed by atoms with E-state index in [1.807, 2.05) is 12.1 Å². The number of ketones is 1. The van der Waals surface area contributed by atoms with E-state index in [2.05, 4.69) is 45.7 Å². The van der Waals surface area contributed by atoms with Crippen LogP contribution in [0.3, 0.4) is 0 Å². The standard InChI is InChI=1S/C13H14Br2O/c1-13(2)6-5-8-9(14)3-4-10(15)12(8)11(16)7-13/h3-4H,5-7H2,1-2H3. The van der Waals surface area contributed by atoms with E-state index in [9.17, 15) is 4.79 Å². The fourth-order valence-corrected chi connectivity index (χ4v) is 3.34. The Balaban J connectivity index is 2.57. The first kappa shape index (κ1) is 12.3. The molecule has 0 fully saturated rings. The highest BCUT2D eigenvalue weighted by Gasteiger charge is 2.30. The lowest BCUT2D eigenvalue weighted by Crippen LogP contribution is -2.14. The van der Waals surface area contributed by atoms with Crippen LogP contribution in [0.2, 0.25) is 0 Å². The Morgan fingerprint density at radius 3 is 2.50 bits per heavy atom. The van der Waals surface area contributed by atoms with Gasteiger partial charge in [-0.05, 0) is 36.0 Å². The lowest BCUT2D eigenvalue weighted by molar-refractivity contribution is 0.0933. The summed E-state index contributed by atoms with van der Waals surface area (Å²) in [5.74, 6) is 0.255. The second-order valence-corrected chi connectivity index (χ2v) is 6.86. The second kappa shape index (κ2) is 4.26. The molecule has 0 aromatic heterocycles. The minimum absolute atomic E-state index is 0.106. The summed E-state index contributed by atoms with van der Waals surface area (Å²) < 4.78 is 1.98. The number of halogens is 2. The molecule has 3 heteroatoms. The molecule has 0 saturated carbocycles. The van der Waals surface area contributed by atoms with Crippen molar-refractivity contribution in [1.82, 2.24) is 0 Å². The molecule has 2 rings (SSSR count). The highest BCUT2D eigenvalue weighted by atomic mass is 79.9. The van der Waals surface area contributed by atoms with Gasteiger partial charge < -0.3 is 0 Å². The number of hydrogen-bond donors (Lipinski definition) is 0. The lowest BCUT2D eigenvalue weighted by atomic mass is 9.84. The number of carbonyl (C=O) groups is 1. The lowest BCUT2D eigenvalue weighted by Gasteiger charge is -2.20. The third-order valence-electron chi connectivity index (χ3n) is 3.17. The van der Waals surface area contributed by atoms with Gasteiger partial charge in [0.15, 0.2) is 5.78 Å². The summed E-state index contributed by atoms with van der Waals surface area (Å²) in [5, 5.41) is 0. The molecule has 0 N–H and O–H groups in total. The van der Waals surface area contributed by atoms with Gasteiger partial charge in [0.2, 0.25) is 0 Å². The van der Waals surface area contributed by atoms with E-state index in [0.29, 0.717) is 6.42 Å². The van der Waals surface area contributed by atoms with E-state index in [-0.39, 0.29) is 11.2 Å². The molecule has 0 atom stereocenters. The van der Waals surface area contributed by atoms with Crippen LogP contribution in [0.1, 0.15) is 42.6 Å². The summed E-state index contributed by atoms with van der Waals surface area (Å²) in [6, 6.07) is 3.95. The van der Waals surface area contributed by atoms with Crippen LogP contribution in [0.25, 0.3) is 0 Å². The molecule has 0 amide bonds. The van der Waals surface area contributed by atoms with Gasteiger partial charge in [0.1, 0.15) is 0 Å². The maximum absolute atomic E-state index is 12.2. The maximum Gasteiger partial charge on any atom is 0.164 e. The maximum atomic E-state index is 12.2. The summed E-state index contributed by atoms with van der Waals surface area (Å²) in [4.78, 5) is 12.2. The first-order valence-corrected chi connectivity index (χ1v) is 6.99. The van der Waals surface area contributed by atoms with Crippen LogP contribution in [-0.2, 0) is 6.42 Å². The molecule has 0 aliphatic heterocycles. The largest absolute Gasteiger partial charge is 0.294 e. The van der Waals surface area contributed by atoms with E-state index in [0.717, 1.165) is 32.9 Å². The fourth-order valence-electron chi connectivity index (χ4n) is 2.21. The van der Waals surface area contributed by atoms with Crippen molar-refractivity contribution < 1.29 is 4.79 Å². The zero-order valence-corrected chi connectivity index (χ0v) is 12.6.